The molecular weight excluding hydrogens is 636 g/mol. The first-order valence-electron chi connectivity index (χ1n) is 14.9. The van der Waals surface area contributed by atoms with E-state index in [1.807, 2.05) is 60.7 Å². The number of nitrogens with two attached hydrogens (primary N) is 1. The summed E-state index contributed by atoms with van der Waals surface area (Å²) in [5.74, 6) is -2.65. The molecule has 2 aromatic carbocycles. The summed E-state index contributed by atoms with van der Waals surface area (Å²) < 4.78 is 11.3. The van der Waals surface area contributed by atoms with Gasteiger partial charge in [-0.3, -0.25) is 14.5 Å². The van der Waals surface area contributed by atoms with E-state index in [1.54, 1.807) is 20.8 Å². The number of nitrogen functional groups attached to an aromatic ring is 1. The molecule has 2 amide bonds. The number of amides is 2. The topological polar surface area (TPSA) is 175 Å². The molecule has 248 valence electrons. The Labute approximate surface area is 281 Å². The van der Waals surface area contributed by atoms with Gasteiger partial charge < -0.3 is 25.4 Å². The number of nitrogens with zero attached hydrogens (tertiary/aromatic N) is 4. The zero-order valence-corrected chi connectivity index (χ0v) is 27.3. The Morgan fingerprint density at radius 1 is 1.10 bits per heavy atom. The maximum Gasteiger partial charge on any atom is 0.356 e. The van der Waals surface area contributed by atoms with Gasteiger partial charge in [0.1, 0.15) is 28.5 Å². The van der Waals surface area contributed by atoms with E-state index in [-0.39, 0.29) is 17.3 Å². The second kappa shape index (κ2) is 14.5. The van der Waals surface area contributed by atoms with Crippen LogP contribution < -0.4 is 11.1 Å². The fourth-order valence-corrected chi connectivity index (χ4v) is 6.28. The number of anilines is 1. The summed E-state index contributed by atoms with van der Waals surface area (Å²) in [7, 11) is 0. The molecule has 3 N–H and O–H groups in total. The number of hydrogen-bond donors (Lipinski definition) is 2. The number of allylic oxidation sites excluding steroid dienone is 1. The van der Waals surface area contributed by atoms with Gasteiger partial charge in [-0.1, -0.05) is 78.5 Å². The number of benzene rings is 2. The quantitative estimate of drug-likeness (QED) is 0.133. The van der Waals surface area contributed by atoms with Crippen molar-refractivity contribution in [3.8, 4) is 0 Å². The Morgan fingerprint density at radius 2 is 1.75 bits per heavy atom. The lowest BCUT2D eigenvalue weighted by molar-refractivity contribution is -0.160. The standard InChI is InChI=1S/C34H34N6O7S/c1-5-20-19-48-32-26(38-30(42)25(29-36-17-16-23(35)37-29)39-45-18-24(41)47-34(2,3)4)31(43)40(32)27(20)33(44)46-28(21-12-8-6-9-13-21)22-14-10-7-11-15-22/h5-17,26,28,32H,1,18-19H2,2-4H3,(H,38,42)(H2,35,36,37)/b39-25+/t26?,32-/m1/s1. The fourth-order valence-electron chi connectivity index (χ4n) is 4.94. The van der Waals surface area contributed by atoms with E-state index >= 15 is 0 Å². The molecule has 13 nitrogen and oxygen atoms in total. The predicted octanol–water partition coefficient (Wildman–Crippen LogP) is 3.29. The van der Waals surface area contributed by atoms with Crippen LogP contribution >= 0.6 is 11.8 Å². The van der Waals surface area contributed by atoms with E-state index in [9.17, 15) is 19.2 Å². The van der Waals surface area contributed by atoms with Crippen LogP contribution in [0.15, 0.2) is 102 Å². The second-order valence-corrected chi connectivity index (χ2v) is 12.8. The lowest BCUT2D eigenvalue weighted by Crippen LogP contribution is -2.71. The summed E-state index contributed by atoms with van der Waals surface area (Å²) in [6.45, 7) is 8.32. The highest BCUT2D eigenvalue weighted by Gasteiger charge is 2.54. The summed E-state index contributed by atoms with van der Waals surface area (Å²) in [6.07, 6.45) is 2.10. The molecule has 3 aromatic rings. The van der Waals surface area contributed by atoms with E-state index in [0.717, 1.165) is 11.1 Å². The third kappa shape index (κ3) is 7.72. The number of thioether (sulfide) groups is 1. The highest BCUT2D eigenvalue weighted by molar-refractivity contribution is 8.00. The minimum absolute atomic E-state index is 0.0508. The lowest BCUT2D eigenvalue weighted by atomic mass is 10.0. The first-order valence-corrected chi connectivity index (χ1v) is 15.9. The third-order valence-electron chi connectivity index (χ3n) is 7.02. The number of β-lactam (4-membered cyclic amide) rings is 1. The third-order valence-corrected chi connectivity index (χ3v) is 8.32. The van der Waals surface area contributed by atoms with Gasteiger partial charge in [-0.25, -0.2) is 19.6 Å². The maximum atomic E-state index is 13.9. The van der Waals surface area contributed by atoms with Crippen LogP contribution in [0.4, 0.5) is 5.82 Å². The predicted molar refractivity (Wildman–Crippen MR) is 178 cm³/mol. The van der Waals surface area contributed by atoms with Crippen molar-refractivity contribution in [2.45, 2.75) is 43.9 Å². The minimum atomic E-state index is -1.05. The van der Waals surface area contributed by atoms with E-state index in [2.05, 4.69) is 27.0 Å². The molecule has 0 bridgehead atoms. The van der Waals surface area contributed by atoms with Crippen LogP contribution in [0.2, 0.25) is 0 Å². The molecule has 0 spiro atoms. The van der Waals surface area contributed by atoms with Crippen molar-refractivity contribution in [2.75, 3.05) is 18.1 Å². The number of esters is 2. The SMILES string of the molecule is C=CC1=C(C(=O)OC(c2ccccc2)c2ccccc2)N2C(=O)C(NC(=O)/C(=N/OCC(=O)OC(C)(C)C)c3nccc(N)n3)[C@H]2SC1. The molecule has 0 saturated carbocycles. The van der Waals surface area contributed by atoms with Gasteiger partial charge in [-0.05, 0) is 43.5 Å². The van der Waals surface area contributed by atoms with Gasteiger partial charge in [0.05, 0.1) is 0 Å². The Kier molecular flexibility index (Phi) is 10.2. The molecule has 0 aliphatic carbocycles. The monoisotopic (exact) mass is 670 g/mol. The largest absolute Gasteiger partial charge is 0.457 e. The van der Waals surface area contributed by atoms with Gasteiger partial charge in [-0.15, -0.1) is 11.8 Å². The zero-order chi connectivity index (χ0) is 34.4. The molecule has 2 aliphatic rings. The van der Waals surface area contributed by atoms with Gasteiger partial charge in [0.25, 0.3) is 11.8 Å². The maximum absolute atomic E-state index is 13.9. The lowest BCUT2D eigenvalue weighted by Gasteiger charge is -2.49. The van der Waals surface area contributed by atoms with Crippen LogP contribution in [0.25, 0.3) is 0 Å². The van der Waals surface area contributed by atoms with Crippen LogP contribution in [0.3, 0.4) is 0 Å². The number of rotatable bonds is 11. The number of ether oxygens (including phenoxy) is 2. The van der Waals surface area contributed by atoms with Crippen molar-refractivity contribution >= 4 is 47.0 Å². The van der Waals surface area contributed by atoms with Crippen LogP contribution in [-0.2, 0) is 33.5 Å². The normalized spacial score (nSPS) is 17.6. The number of carbonyl (C=O) groups excluding carboxylic acids is 4. The number of aromatic nitrogens is 2. The van der Waals surface area contributed by atoms with E-state index in [1.165, 1.54) is 35.0 Å². The fraction of sp³-hybridized carbons (Fsp3) is 0.265. The average Bonchev–Trinajstić information content (AvgIpc) is 3.07. The molecule has 1 saturated heterocycles. The van der Waals surface area contributed by atoms with Crippen molar-refractivity contribution < 1.29 is 33.5 Å². The van der Waals surface area contributed by atoms with Crippen molar-refractivity contribution in [1.29, 1.82) is 0 Å². The van der Waals surface area contributed by atoms with Crippen LogP contribution in [0, 0.1) is 0 Å². The number of hydrogen-bond acceptors (Lipinski definition) is 12. The van der Waals surface area contributed by atoms with E-state index < -0.39 is 59.2 Å². The number of nitrogens with one attached hydrogen (secondary N) is 1. The number of fused-ring (bicyclic) bond motifs is 1. The van der Waals surface area contributed by atoms with Crippen molar-refractivity contribution in [1.82, 2.24) is 20.2 Å². The van der Waals surface area contributed by atoms with E-state index in [4.69, 9.17) is 20.0 Å². The molecule has 48 heavy (non-hydrogen) atoms. The first kappa shape index (κ1) is 33.9. The number of carbonyl (C=O) groups is 4. The van der Waals surface area contributed by atoms with Crippen molar-refractivity contribution in [3.63, 3.8) is 0 Å². The summed E-state index contributed by atoms with van der Waals surface area (Å²) in [5, 5.41) is 5.80. The van der Waals surface area contributed by atoms with Crippen molar-refractivity contribution in [3.05, 3.63) is 114 Å². The highest BCUT2D eigenvalue weighted by Crippen LogP contribution is 2.42. The van der Waals surface area contributed by atoms with E-state index in [0.29, 0.717) is 11.3 Å². The van der Waals surface area contributed by atoms with Gasteiger partial charge >= 0.3 is 11.9 Å². The highest BCUT2D eigenvalue weighted by atomic mass is 32.2. The molecule has 5 rings (SSSR count). The minimum Gasteiger partial charge on any atom is -0.457 e. The molecule has 14 heteroatoms. The summed E-state index contributed by atoms with van der Waals surface area (Å²) in [4.78, 5) is 67.6. The molecule has 3 heterocycles. The van der Waals surface area contributed by atoms with Crippen LogP contribution in [-0.4, -0.2) is 73.7 Å². The Balaban J connectivity index is 1.35. The van der Waals surface area contributed by atoms with Crippen LogP contribution in [0.1, 0.15) is 43.8 Å². The Morgan fingerprint density at radius 3 is 2.33 bits per heavy atom. The average molecular weight is 671 g/mol. The molecule has 1 fully saturated rings. The Bertz CT molecular complexity index is 1740. The van der Waals surface area contributed by atoms with Gasteiger partial charge in [0, 0.05) is 11.9 Å². The van der Waals surface area contributed by atoms with Gasteiger partial charge in [-0.2, -0.15) is 0 Å². The molecule has 0 radical (unpaired) electrons. The van der Waals surface area contributed by atoms with Crippen molar-refractivity contribution in [2.24, 2.45) is 5.16 Å². The molecule has 1 unspecified atom stereocenters. The van der Waals surface area contributed by atoms with Crippen LogP contribution in [0.5, 0.6) is 0 Å². The number of oxime groups is 1. The molecule has 1 aromatic heterocycles. The zero-order valence-electron chi connectivity index (χ0n) is 26.5. The summed E-state index contributed by atoms with van der Waals surface area (Å²) in [6, 6.07) is 18.9. The smallest absolute Gasteiger partial charge is 0.356 e. The molecule has 2 atom stereocenters. The van der Waals surface area contributed by atoms with Gasteiger partial charge in [0.2, 0.25) is 12.3 Å². The molecular formula is C34H34N6O7S. The first-order chi connectivity index (χ1) is 23.0. The summed E-state index contributed by atoms with van der Waals surface area (Å²) in [5.41, 5.74) is 6.69. The summed E-state index contributed by atoms with van der Waals surface area (Å²) >= 11 is 1.34. The molecule has 2 aliphatic heterocycles. The second-order valence-electron chi connectivity index (χ2n) is 11.7. The Hall–Kier alpha value is -5.50. The van der Waals surface area contributed by atoms with Gasteiger partial charge in [0.15, 0.2) is 11.9 Å².